The lowest BCUT2D eigenvalue weighted by molar-refractivity contribution is -0.140. The van der Waals surface area contributed by atoms with E-state index in [0.29, 0.717) is 6.42 Å². The van der Waals surface area contributed by atoms with Gasteiger partial charge < -0.3 is 20.7 Å². The first-order valence-electron chi connectivity index (χ1n) is 9.31. The Morgan fingerprint density at radius 1 is 1.00 bits per heavy atom. The number of likely N-dealkylation sites (N-methyl/N-ethyl adjacent to an activating group) is 1. The van der Waals surface area contributed by atoms with Crippen molar-refractivity contribution in [2.75, 3.05) is 7.05 Å². The lowest BCUT2D eigenvalue weighted by Crippen LogP contribution is -2.53. The van der Waals surface area contributed by atoms with Crippen LogP contribution in [0.5, 0.6) is 0 Å². The molecule has 3 N–H and O–H groups in total. The van der Waals surface area contributed by atoms with Gasteiger partial charge in [0.25, 0.3) is 5.91 Å². The van der Waals surface area contributed by atoms with E-state index in [0.717, 1.165) is 5.56 Å². The van der Waals surface area contributed by atoms with Gasteiger partial charge in [-0.2, -0.15) is 0 Å². The number of Topliss-reactive ketones (excluding diaryl/α,β-unsaturated/α-hetero) is 1. The maximum absolute atomic E-state index is 12.6. The number of benzene rings is 1. The van der Waals surface area contributed by atoms with Crippen LogP contribution in [0, 0.1) is 5.92 Å². The van der Waals surface area contributed by atoms with E-state index in [4.69, 9.17) is 4.74 Å². The van der Waals surface area contributed by atoms with Crippen LogP contribution in [-0.2, 0) is 25.7 Å². The number of carbonyl (C=O) groups excluding carboxylic acids is 4. The first-order valence-corrected chi connectivity index (χ1v) is 9.31. The molecule has 3 amide bonds. The number of nitrogens with one attached hydrogen (secondary N) is 3. The zero-order valence-corrected chi connectivity index (χ0v) is 16.8. The van der Waals surface area contributed by atoms with E-state index in [1.54, 1.807) is 6.92 Å². The number of rotatable bonds is 10. The van der Waals surface area contributed by atoms with Crippen LogP contribution >= 0.6 is 0 Å². The van der Waals surface area contributed by atoms with E-state index < -0.39 is 35.8 Å². The molecule has 154 valence electrons. The first-order chi connectivity index (χ1) is 13.3. The molecular formula is C20H29N3O5. The van der Waals surface area contributed by atoms with E-state index in [1.807, 2.05) is 44.2 Å². The van der Waals surface area contributed by atoms with Crippen molar-refractivity contribution in [3.63, 3.8) is 0 Å². The maximum Gasteiger partial charge on any atom is 0.408 e. The average molecular weight is 391 g/mol. The Morgan fingerprint density at radius 2 is 1.64 bits per heavy atom. The topological polar surface area (TPSA) is 114 Å². The van der Waals surface area contributed by atoms with Crippen LogP contribution in [0.2, 0.25) is 0 Å². The Bertz CT molecular complexity index is 676. The molecule has 0 fully saturated rings. The van der Waals surface area contributed by atoms with Crippen LogP contribution < -0.4 is 16.0 Å². The second kappa shape index (κ2) is 11.7. The lowest BCUT2D eigenvalue weighted by atomic mass is 10.0. The largest absolute Gasteiger partial charge is 0.445 e. The van der Waals surface area contributed by atoms with Crippen LogP contribution in [0.4, 0.5) is 4.79 Å². The zero-order valence-electron chi connectivity index (χ0n) is 16.8. The van der Waals surface area contributed by atoms with Gasteiger partial charge in [-0.1, -0.05) is 51.1 Å². The lowest BCUT2D eigenvalue weighted by Gasteiger charge is -2.22. The molecule has 0 aliphatic carbocycles. The third kappa shape index (κ3) is 7.77. The molecule has 2 atom stereocenters. The highest BCUT2D eigenvalue weighted by molar-refractivity contribution is 6.38. The molecule has 0 bridgehead atoms. The van der Waals surface area contributed by atoms with Gasteiger partial charge in [-0.25, -0.2) is 4.79 Å². The number of carbonyl (C=O) groups is 4. The summed E-state index contributed by atoms with van der Waals surface area (Å²) in [5.41, 5.74) is 0.824. The fourth-order valence-electron chi connectivity index (χ4n) is 2.52. The molecule has 0 radical (unpaired) electrons. The Kier molecular flexibility index (Phi) is 9.70. The number of alkyl carbamates (subject to hydrolysis) is 1. The van der Waals surface area contributed by atoms with Gasteiger partial charge in [-0.05, 0) is 24.3 Å². The minimum absolute atomic E-state index is 0.0788. The van der Waals surface area contributed by atoms with Crippen LogP contribution in [0.1, 0.15) is 39.2 Å². The van der Waals surface area contributed by atoms with Gasteiger partial charge in [0, 0.05) is 7.05 Å². The Hall–Kier alpha value is -2.90. The molecule has 1 aromatic rings. The Morgan fingerprint density at radius 3 is 2.18 bits per heavy atom. The van der Waals surface area contributed by atoms with Crippen LogP contribution in [0.15, 0.2) is 30.3 Å². The highest BCUT2D eigenvalue weighted by Gasteiger charge is 2.29. The van der Waals surface area contributed by atoms with Gasteiger partial charge >= 0.3 is 6.09 Å². The van der Waals surface area contributed by atoms with Crippen LogP contribution in [0.25, 0.3) is 0 Å². The Labute approximate surface area is 165 Å². The van der Waals surface area contributed by atoms with Gasteiger partial charge in [0.2, 0.25) is 11.7 Å². The molecule has 0 aliphatic heterocycles. The van der Waals surface area contributed by atoms with Crippen molar-refractivity contribution in [3.8, 4) is 0 Å². The summed E-state index contributed by atoms with van der Waals surface area (Å²) in [4.78, 5) is 48.3. The second-order valence-electron chi connectivity index (χ2n) is 6.80. The van der Waals surface area contributed by atoms with Crippen molar-refractivity contribution in [1.29, 1.82) is 0 Å². The normalized spacial score (nSPS) is 12.6. The SMILES string of the molecule is CC[C@H](NC(=O)[C@H](CC(C)C)NC(=O)OCc1ccccc1)C(=O)C(=O)NC. The molecule has 1 aromatic carbocycles. The summed E-state index contributed by atoms with van der Waals surface area (Å²) >= 11 is 0. The molecule has 28 heavy (non-hydrogen) atoms. The summed E-state index contributed by atoms with van der Waals surface area (Å²) < 4.78 is 5.16. The summed E-state index contributed by atoms with van der Waals surface area (Å²) in [5, 5.41) is 7.34. The molecule has 0 aliphatic rings. The minimum atomic E-state index is -0.954. The summed E-state index contributed by atoms with van der Waals surface area (Å²) in [6.07, 6.45) is -0.114. The molecule has 1 rings (SSSR count). The van der Waals surface area contributed by atoms with Crippen LogP contribution in [-0.4, -0.2) is 42.8 Å². The summed E-state index contributed by atoms with van der Waals surface area (Å²) in [5.74, 6) is -1.93. The second-order valence-corrected chi connectivity index (χ2v) is 6.80. The molecule has 0 heterocycles. The van der Waals surface area contributed by atoms with Crippen molar-refractivity contribution in [2.45, 2.75) is 52.3 Å². The molecule has 8 heteroatoms. The summed E-state index contributed by atoms with van der Waals surface area (Å²) in [6.45, 7) is 5.58. The predicted octanol–water partition coefficient (Wildman–Crippen LogP) is 1.54. The molecule has 0 aromatic heterocycles. The number of hydrogen-bond donors (Lipinski definition) is 3. The number of ketones is 1. The highest BCUT2D eigenvalue weighted by atomic mass is 16.5. The standard InChI is InChI=1S/C20H29N3O5/c1-5-15(17(24)19(26)21-4)22-18(25)16(11-13(2)3)23-20(27)28-12-14-9-7-6-8-10-14/h6-10,13,15-16H,5,11-12H2,1-4H3,(H,21,26)(H,22,25)(H,23,27)/t15-,16-/m0/s1. The smallest absolute Gasteiger partial charge is 0.408 e. The van der Waals surface area contributed by atoms with E-state index in [9.17, 15) is 19.2 Å². The van der Waals surface area contributed by atoms with Gasteiger partial charge in [0.05, 0.1) is 6.04 Å². The van der Waals surface area contributed by atoms with E-state index in [2.05, 4.69) is 16.0 Å². The average Bonchev–Trinajstić information content (AvgIpc) is 2.69. The molecule has 0 spiro atoms. The minimum Gasteiger partial charge on any atom is -0.445 e. The number of amides is 3. The third-order valence-electron chi connectivity index (χ3n) is 4.02. The molecule has 0 saturated heterocycles. The van der Waals surface area contributed by atoms with E-state index in [-0.39, 0.29) is 18.9 Å². The number of hydrogen-bond acceptors (Lipinski definition) is 5. The van der Waals surface area contributed by atoms with Gasteiger partial charge in [0.15, 0.2) is 0 Å². The Balaban J connectivity index is 2.71. The van der Waals surface area contributed by atoms with Gasteiger partial charge in [0.1, 0.15) is 12.6 Å². The van der Waals surface area contributed by atoms with E-state index >= 15 is 0 Å². The van der Waals surface area contributed by atoms with Crippen molar-refractivity contribution in [1.82, 2.24) is 16.0 Å². The monoisotopic (exact) mass is 391 g/mol. The molecule has 8 nitrogen and oxygen atoms in total. The predicted molar refractivity (Wildman–Crippen MR) is 104 cm³/mol. The van der Waals surface area contributed by atoms with Crippen molar-refractivity contribution >= 4 is 23.7 Å². The van der Waals surface area contributed by atoms with E-state index in [1.165, 1.54) is 7.05 Å². The van der Waals surface area contributed by atoms with Crippen molar-refractivity contribution < 1.29 is 23.9 Å². The highest BCUT2D eigenvalue weighted by Crippen LogP contribution is 2.07. The van der Waals surface area contributed by atoms with Gasteiger partial charge in [-0.15, -0.1) is 0 Å². The zero-order chi connectivity index (χ0) is 21.1. The molecule has 0 unspecified atom stereocenters. The van der Waals surface area contributed by atoms with Gasteiger partial charge in [-0.3, -0.25) is 14.4 Å². The maximum atomic E-state index is 12.6. The summed E-state index contributed by atoms with van der Waals surface area (Å²) in [7, 11) is 1.35. The summed E-state index contributed by atoms with van der Waals surface area (Å²) in [6, 6.07) is 7.33. The third-order valence-corrected chi connectivity index (χ3v) is 4.02. The molecular weight excluding hydrogens is 362 g/mol. The first kappa shape index (κ1) is 23.1. The fraction of sp³-hybridized carbons (Fsp3) is 0.500. The van der Waals surface area contributed by atoms with Crippen molar-refractivity contribution in [2.24, 2.45) is 5.92 Å². The number of ether oxygens (including phenoxy) is 1. The van der Waals surface area contributed by atoms with Crippen molar-refractivity contribution in [3.05, 3.63) is 35.9 Å². The molecule has 0 saturated carbocycles. The quantitative estimate of drug-likeness (QED) is 0.524. The van der Waals surface area contributed by atoms with Crippen LogP contribution in [0.3, 0.4) is 0 Å². The fourth-order valence-corrected chi connectivity index (χ4v) is 2.52.